The van der Waals surface area contributed by atoms with Gasteiger partial charge in [0.2, 0.25) is 5.91 Å². The van der Waals surface area contributed by atoms with Crippen molar-refractivity contribution < 1.29 is 14.3 Å². The summed E-state index contributed by atoms with van der Waals surface area (Å²) in [5.41, 5.74) is 1.80. The third-order valence-electron chi connectivity index (χ3n) is 6.56. The van der Waals surface area contributed by atoms with E-state index in [1.807, 2.05) is 53.1 Å². The summed E-state index contributed by atoms with van der Waals surface area (Å²) in [6.07, 6.45) is 6.04. The Hall–Kier alpha value is -1.79. The number of methoxy groups -OCH3 is 1. The Morgan fingerprint density at radius 2 is 1.68 bits per heavy atom. The van der Waals surface area contributed by atoms with Crippen LogP contribution in [-0.4, -0.2) is 36.5 Å². The molecule has 6 heteroatoms. The Balaban J connectivity index is 1.75. The highest BCUT2D eigenvalue weighted by atomic mass is 32.2. The summed E-state index contributed by atoms with van der Waals surface area (Å²) < 4.78 is 5.13. The van der Waals surface area contributed by atoms with E-state index < -0.39 is 0 Å². The zero-order chi connectivity index (χ0) is 21.8. The molecule has 1 amide bonds. The molecule has 1 aromatic heterocycles. The fraction of sp³-hybridized carbons (Fsp3) is 0.520. The van der Waals surface area contributed by atoms with Gasteiger partial charge in [0.1, 0.15) is 4.88 Å². The van der Waals surface area contributed by atoms with Crippen LogP contribution in [0.4, 0.5) is 5.69 Å². The van der Waals surface area contributed by atoms with E-state index in [0.29, 0.717) is 10.8 Å². The molecule has 4 rings (SSSR count). The SMILES string of the molecule is COC(=O)c1sc(-c2ccccc2)cc1N(C(=O)C1CCC(C)CC1)C1CCSCC1. The third-order valence-corrected chi connectivity index (χ3v) is 8.76. The maximum absolute atomic E-state index is 13.9. The molecule has 1 aliphatic heterocycles. The van der Waals surface area contributed by atoms with E-state index in [2.05, 4.69) is 6.92 Å². The molecule has 2 fully saturated rings. The summed E-state index contributed by atoms with van der Waals surface area (Å²) >= 11 is 3.38. The summed E-state index contributed by atoms with van der Waals surface area (Å²) in [5, 5.41) is 0. The number of rotatable bonds is 5. The van der Waals surface area contributed by atoms with Gasteiger partial charge in [-0.3, -0.25) is 4.79 Å². The molecule has 0 N–H and O–H groups in total. The Kier molecular flexibility index (Phi) is 7.39. The number of thioether (sulfide) groups is 1. The first-order valence-corrected chi connectivity index (χ1v) is 13.2. The van der Waals surface area contributed by atoms with Crippen LogP contribution in [0.3, 0.4) is 0 Å². The van der Waals surface area contributed by atoms with Crippen LogP contribution >= 0.6 is 23.1 Å². The standard InChI is InChI=1S/C25H31NO3S2/c1-17-8-10-19(11-9-17)24(27)26(20-12-14-30-15-13-20)21-16-22(18-6-4-3-5-7-18)31-23(21)25(28)29-2/h3-7,16-17,19-20H,8-15H2,1-2H3. The average Bonchev–Trinajstić information content (AvgIpc) is 3.25. The molecule has 0 unspecified atom stereocenters. The lowest BCUT2D eigenvalue weighted by Crippen LogP contribution is -2.46. The number of amides is 1. The van der Waals surface area contributed by atoms with Crippen molar-refractivity contribution >= 4 is 40.7 Å². The van der Waals surface area contributed by atoms with Gasteiger partial charge in [-0.2, -0.15) is 11.8 Å². The maximum atomic E-state index is 13.9. The molecule has 2 aromatic rings. The van der Waals surface area contributed by atoms with Gasteiger partial charge in [-0.15, -0.1) is 11.3 Å². The van der Waals surface area contributed by atoms with E-state index in [9.17, 15) is 9.59 Å². The number of hydrogen-bond acceptors (Lipinski definition) is 5. The summed E-state index contributed by atoms with van der Waals surface area (Å²) in [4.78, 5) is 30.2. The summed E-state index contributed by atoms with van der Waals surface area (Å²) in [7, 11) is 1.42. The van der Waals surface area contributed by atoms with Crippen molar-refractivity contribution in [2.45, 2.75) is 51.5 Å². The van der Waals surface area contributed by atoms with Crippen molar-refractivity contribution in [3.05, 3.63) is 41.3 Å². The predicted octanol–water partition coefficient (Wildman–Crippen LogP) is 6.26. The van der Waals surface area contributed by atoms with Gasteiger partial charge in [-0.25, -0.2) is 4.79 Å². The largest absolute Gasteiger partial charge is 0.465 e. The van der Waals surface area contributed by atoms with Gasteiger partial charge < -0.3 is 9.64 Å². The van der Waals surface area contributed by atoms with E-state index in [1.165, 1.54) is 18.4 Å². The molecule has 0 spiro atoms. The average molecular weight is 458 g/mol. The number of esters is 1. The predicted molar refractivity (Wildman–Crippen MR) is 130 cm³/mol. The molecule has 31 heavy (non-hydrogen) atoms. The van der Waals surface area contributed by atoms with Crippen molar-refractivity contribution in [1.29, 1.82) is 0 Å². The molecule has 0 bridgehead atoms. The molecule has 1 saturated carbocycles. The summed E-state index contributed by atoms with van der Waals surface area (Å²) in [6, 6.07) is 12.3. The maximum Gasteiger partial charge on any atom is 0.350 e. The van der Waals surface area contributed by atoms with Crippen LogP contribution in [0.25, 0.3) is 10.4 Å². The van der Waals surface area contributed by atoms with Crippen LogP contribution in [0.5, 0.6) is 0 Å². The minimum absolute atomic E-state index is 0.0522. The second-order valence-corrected chi connectivity index (χ2v) is 11.0. The van der Waals surface area contributed by atoms with Crippen molar-refractivity contribution in [3.8, 4) is 10.4 Å². The molecule has 2 heterocycles. The zero-order valence-electron chi connectivity index (χ0n) is 18.3. The number of ether oxygens (including phenoxy) is 1. The van der Waals surface area contributed by atoms with Crippen molar-refractivity contribution in [1.82, 2.24) is 0 Å². The summed E-state index contributed by atoms with van der Waals surface area (Å²) in [6.45, 7) is 2.27. The molecular formula is C25H31NO3S2. The van der Waals surface area contributed by atoms with Crippen LogP contribution in [-0.2, 0) is 9.53 Å². The van der Waals surface area contributed by atoms with Crippen LogP contribution in [0.2, 0.25) is 0 Å². The number of nitrogens with zero attached hydrogens (tertiary/aromatic N) is 1. The Labute approximate surface area is 193 Å². The Morgan fingerprint density at radius 3 is 2.32 bits per heavy atom. The summed E-state index contributed by atoms with van der Waals surface area (Å²) in [5.74, 6) is 2.70. The van der Waals surface area contributed by atoms with Gasteiger partial charge in [-0.1, -0.05) is 37.3 Å². The van der Waals surface area contributed by atoms with Gasteiger partial charge in [0, 0.05) is 16.8 Å². The minimum atomic E-state index is -0.359. The smallest absolute Gasteiger partial charge is 0.350 e. The normalized spacial score (nSPS) is 22.1. The number of benzene rings is 1. The Bertz CT molecular complexity index is 897. The lowest BCUT2D eigenvalue weighted by molar-refractivity contribution is -0.124. The third kappa shape index (κ3) is 5.01. The van der Waals surface area contributed by atoms with E-state index in [-0.39, 0.29) is 23.8 Å². The molecule has 0 radical (unpaired) electrons. The molecule has 166 valence electrons. The number of carbonyl (C=O) groups is 2. The molecule has 0 atom stereocenters. The first-order valence-electron chi connectivity index (χ1n) is 11.3. The van der Waals surface area contributed by atoms with Gasteiger partial charge in [0.05, 0.1) is 12.8 Å². The van der Waals surface area contributed by atoms with Crippen LogP contribution in [0, 0.1) is 11.8 Å². The zero-order valence-corrected chi connectivity index (χ0v) is 20.0. The molecular weight excluding hydrogens is 426 g/mol. The minimum Gasteiger partial charge on any atom is -0.465 e. The van der Waals surface area contributed by atoms with Gasteiger partial charge in [0.15, 0.2) is 0 Å². The Morgan fingerprint density at radius 1 is 1.00 bits per heavy atom. The molecule has 1 saturated heterocycles. The second-order valence-electron chi connectivity index (χ2n) is 8.69. The van der Waals surface area contributed by atoms with E-state index in [0.717, 1.165) is 66.2 Å². The topological polar surface area (TPSA) is 46.6 Å². The number of thiophene rings is 1. The van der Waals surface area contributed by atoms with Gasteiger partial charge >= 0.3 is 5.97 Å². The second kappa shape index (κ2) is 10.2. The molecule has 1 aromatic carbocycles. The number of hydrogen-bond donors (Lipinski definition) is 0. The molecule has 4 nitrogen and oxygen atoms in total. The van der Waals surface area contributed by atoms with Crippen LogP contribution < -0.4 is 4.90 Å². The molecule has 2 aliphatic rings. The van der Waals surface area contributed by atoms with E-state index in [4.69, 9.17) is 4.74 Å². The fourth-order valence-corrected chi connectivity index (χ4v) is 6.84. The highest BCUT2D eigenvalue weighted by Gasteiger charge is 2.36. The van der Waals surface area contributed by atoms with E-state index in [1.54, 1.807) is 0 Å². The van der Waals surface area contributed by atoms with E-state index >= 15 is 0 Å². The van der Waals surface area contributed by atoms with Crippen molar-refractivity contribution in [2.75, 3.05) is 23.5 Å². The van der Waals surface area contributed by atoms with Gasteiger partial charge in [0.25, 0.3) is 0 Å². The lowest BCUT2D eigenvalue weighted by Gasteiger charge is -2.37. The fourth-order valence-electron chi connectivity index (χ4n) is 4.69. The number of carbonyl (C=O) groups excluding carboxylic acids is 2. The van der Waals surface area contributed by atoms with Crippen molar-refractivity contribution in [3.63, 3.8) is 0 Å². The first-order chi connectivity index (χ1) is 15.1. The first kappa shape index (κ1) is 22.4. The van der Waals surface area contributed by atoms with Gasteiger partial charge in [-0.05, 0) is 67.6 Å². The number of anilines is 1. The van der Waals surface area contributed by atoms with Crippen LogP contribution in [0.1, 0.15) is 55.1 Å². The highest BCUT2D eigenvalue weighted by Crippen LogP contribution is 2.41. The lowest BCUT2D eigenvalue weighted by atomic mass is 9.82. The van der Waals surface area contributed by atoms with Crippen LogP contribution in [0.15, 0.2) is 36.4 Å². The highest BCUT2D eigenvalue weighted by molar-refractivity contribution is 7.99. The monoisotopic (exact) mass is 457 g/mol. The molecule has 1 aliphatic carbocycles. The quantitative estimate of drug-likeness (QED) is 0.497. The van der Waals surface area contributed by atoms with Crippen molar-refractivity contribution in [2.24, 2.45) is 11.8 Å².